The largest absolute Gasteiger partial charge is 0.484 e. The number of aliphatic hydroxyl groups is 5. The number of ether oxygens (including phenoxy) is 3. The van der Waals surface area contributed by atoms with Crippen LogP contribution in [0.1, 0.15) is 25.5 Å². The van der Waals surface area contributed by atoms with Gasteiger partial charge in [-0.2, -0.15) is 0 Å². The Labute approximate surface area is 170 Å². The quantitative estimate of drug-likeness (QED) is 0.393. The summed E-state index contributed by atoms with van der Waals surface area (Å²) in [6.45, 7) is 2.59. The van der Waals surface area contributed by atoms with Crippen molar-refractivity contribution >= 4 is 11.0 Å². The molecule has 3 heterocycles. The zero-order valence-electron chi connectivity index (χ0n) is 16.3. The van der Waals surface area contributed by atoms with Crippen LogP contribution < -0.4 is 10.4 Å². The third-order valence-corrected chi connectivity index (χ3v) is 5.58. The first-order valence-electron chi connectivity index (χ1n) is 9.54. The van der Waals surface area contributed by atoms with Crippen molar-refractivity contribution in [1.82, 2.24) is 0 Å². The van der Waals surface area contributed by atoms with Gasteiger partial charge in [0.1, 0.15) is 47.5 Å². The summed E-state index contributed by atoms with van der Waals surface area (Å²) < 4.78 is 22.4. The van der Waals surface area contributed by atoms with Crippen molar-refractivity contribution in [3.8, 4) is 5.75 Å². The van der Waals surface area contributed by atoms with Crippen molar-refractivity contribution in [3.05, 3.63) is 40.2 Å². The lowest BCUT2D eigenvalue weighted by molar-refractivity contribution is -0.332. The molecule has 2 aromatic rings. The molecule has 10 heteroatoms. The molecule has 2 aliphatic rings. The fraction of sp³-hybridized carbons (Fsp3) is 0.550. The van der Waals surface area contributed by atoms with Crippen LogP contribution in [0, 0.1) is 0 Å². The molecule has 7 atom stereocenters. The van der Waals surface area contributed by atoms with Gasteiger partial charge in [-0.25, -0.2) is 4.79 Å². The molecule has 1 fully saturated rings. The van der Waals surface area contributed by atoms with Gasteiger partial charge in [0, 0.05) is 11.5 Å². The van der Waals surface area contributed by atoms with Gasteiger partial charge in [0.15, 0.2) is 12.4 Å². The minimum Gasteiger partial charge on any atom is -0.484 e. The summed E-state index contributed by atoms with van der Waals surface area (Å²) in [6.07, 6.45) is -9.44. The number of benzene rings is 1. The molecule has 0 amide bonds. The Morgan fingerprint density at radius 2 is 1.73 bits per heavy atom. The monoisotopic (exact) mass is 424 g/mol. The molecule has 0 spiro atoms. The lowest BCUT2D eigenvalue weighted by Gasteiger charge is -2.44. The van der Waals surface area contributed by atoms with Crippen molar-refractivity contribution in [1.29, 1.82) is 0 Å². The van der Waals surface area contributed by atoms with Gasteiger partial charge in [-0.3, -0.25) is 0 Å². The number of hydrogen-bond donors (Lipinski definition) is 5. The Morgan fingerprint density at radius 1 is 1.03 bits per heavy atom. The molecule has 1 aromatic heterocycles. The molecule has 10 nitrogen and oxygen atoms in total. The van der Waals surface area contributed by atoms with E-state index in [0.29, 0.717) is 16.7 Å². The number of rotatable bonds is 4. The van der Waals surface area contributed by atoms with E-state index >= 15 is 0 Å². The summed E-state index contributed by atoms with van der Waals surface area (Å²) in [7, 11) is 0. The lowest BCUT2D eigenvalue weighted by atomic mass is 9.92. The standard InChI is InChI=1S/C20H24O10/c1-20(2,30-19-16(26)15(25)13(23)10(7-21)28-19)18-14(24)12-9(27-18)5-3-8-4-6-11(22)29-17(8)12/h3-6,10,13-16,18-19,21,23-26H,7H2,1-2H3/t10-,13-,14+,15-,16-,18-,19+/m0/s1. The molecular weight excluding hydrogens is 400 g/mol. The molecule has 0 unspecified atom stereocenters. The number of aliphatic hydroxyl groups excluding tert-OH is 5. The van der Waals surface area contributed by atoms with Gasteiger partial charge >= 0.3 is 5.63 Å². The summed E-state index contributed by atoms with van der Waals surface area (Å²) in [5.74, 6) is 0.319. The van der Waals surface area contributed by atoms with E-state index in [1.165, 1.54) is 6.07 Å². The van der Waals surface area contributed by atoms with Crippen molar-refractivity contribution in [2.45, 2.75) is 62.4 Å². The number of fused-ring (bicyclic) bond motifs is 3. The topological polar surface area (TPSA) is 159 Å². The molecule has 30 heavy (non-hydrogen) atoms. The second kappa shape index (κ2) is 7.57. The van der Waals surface area contributed by atoms with Crippen LogP contribution in [-0.4, -0.2) is 74.6 Å². The molecule has 5 N–H and O–H groups in total. The van der Waals surface area contributed by atoms with Crippen LogP contribution in [0.2, 0.25) is 0 Å². The average molecular weight is 424 g/mol. The summed E-state index contributed by atoms with van der Waals surface area (Å²) in [5.41, 5.74) is -1.32. The molecule has 1 aromatic carbocycles. The highest BCUT2D eigenvalue weighted by molar-refractivity contribution is 5.83. The summed E-state index contributed by atoms with van der Waals surface area (Å²) >= 11 is 0. The van der Waals surface area contributed by atoms with Crippen LogP contribution in [0.25, 0.3) is 11.0 Å². The van der Waals surface area contributed by atoms with Crippen LogP contribution >= 0.6 is 0 Å². The van der Waals surface area contributed by atoms with Crippen molar-refractivity contribution < 1.29 is 44.2 Å². The highest BCUT2D eigenvalue weighted by Crippen LogP contribution is 2.45. The second-order valence-electron chi connectivity index (χ2n) is 8.05. The fourth-order valence-electron chi connectivity index (χ4n) is 3.92. The van der Waals surface area contributed by atoms with Crippen LogP contribution in [0.3, 0.4) is 0 Å². The lowest BCUT2D eigenvalue weighted by Crippen LogP contribution is -2.61. The highest BCUT2D eigenvalue weighted by Gasteiger charge is 2.51. The first kappa shape index (κ1) is 21.2. The third-order valence-electron chi connectivity index (χ3n) is 5.58. The molecule has 164 valence electrons. The van der Waals surface area contributed by atoms with E-state index in [4.69, 9.17) is 18.6 Å². The highest BCUT2D eigenvalue weighted by atomic mass is 16.7. The zero-order valence-corrected chi connectivity index (χ0v) is 16.3. The van der Waals surface area contributed by atoms with E-state index in [-0.39, 0.29) is 5.58 Å². The van der Waals surface area contributed by atoms with Crippen LogP contribution in [0.15, 0.2) is 33.5 Å². The van der Waals surface area contributed by atoms with E-state index in [2.05, 4.69) is 0 Å². The first-order valence-corrected chi connectivity index (χ1v) is 9.54. The smallest absolute Gasteiger partial charge is 0.336 e. The summed E-state index contributed by atoms with van der Waals surface area (Å²) in [4.78, 5) is 11.7. The Bertz CT molecular complexity index is 983. The van der Waals surface area contributed by atoms with Crippen molar-refractivity contribution in [3.63, 3.8) is 0 Å². The maximum absolute atomic E-state index is 11.7. The summed E-state index contributed by atoms with van der Waals surface area (Å²) in [5, 5.41) is 51.0. The van der Waals surface area contributed by atoms with Gasteiger partial charge in [0.25, 0.3) is 0 Å². The Kier molecular flexibility index (Phi) is 5.35. The van der Waals surface area contributed by atoms with E-state index in [1.54, 1.807) is 32.0 Å². The Hall–Kier alpha value is -2.05. The Morgan fingerprint density at radius 3 is 2.43 bits per heavy atom. The molecular formula is C20H24O10. The number of hydrogen-bond acceptors (Lipinski definition) is 10. The SMILES string of the molecule is CC(C)(O[C@H]1O[C@@H](CO)[C@H](O)[C@H](O)[C@@H]1O)[C@H]1Oc2ccc3ccc(=O)oc3c2[C@H]1O. The predicted molar refractivity (Wildman–Crippen MR) is 101 cm³/mol. The van der Waals surface area contributed by atoms with Crippen molar-refractivity contribution in [2.75, 3.05) is 6.61 Å². The Balaban J connectivity index is 1.61. The second-order valence-corrected chi connectivity index (χ2v) is 8.05. The van der Waals surface area contributed by atoms with E-state index in [0.717, 1.165) is 0 Å². The van der Waals surface area contributed by atoms with Gasteiger partial charge in [-0.15, -0.1) is 0 Å². The molecule has 0 radical (unpaired) electrons. The van der Waals surface area contributed by atoms with Gasteiger partial charge in [0.2, 0.25) is 0 Å². The van der Waals surface area contributed by atoms with Gasteiger partial charge in [-0.05, 0) is 32.0 Å². The molecule has 0 bridgehead atoms. The van der Waals surface area contributed by atoms with Crippen LogP contribution in [0.4, 0.5) is 0 Å². The molecule has 2 aliphatic heterocycles. The molecule has 1 saturated heterocycles. The normalized spacial score (nSPS) is 34.0. The van der Waals surface area contributed by atoms with Gasteiger partial charge < -0.3 is 44.2 Å². The van der Waals surface area contributed by atoms with Crippen LogP contribution in [0.5, 0.6) is 5.75 Å². The minimum absolute atomic E-state index is 0.207. The third kappa shape index (κ3) is 3.40. The van der Waals surface area contributed by atoms with E-state index in [1.807, 2.05) is 0 Å². The maximum Gasteiger partial charge on any atom is 0.336 e. The maximum atomic E-state index is 11.7. The van der Waals surface area contributed by atoms with E-state index in [9.17, 15) is 30.3 Å². The molecule has 0 aliphatic carbocycles. The minimum atomic E-state index is -1.60. The average Bonchev–Trinajstić information content (AvgIpc) is 3.06. The first-order chi connectivity index (χ1) is 14.1. The van der Waals surface area contributed by atoms with Crippen molar-refractivity contribution in [2.24, 2.45) is 0 Å². The molecule has 0 saturated carbocycles. The predicted octanol–water partition coefficient (Wildman–Crippen LogP) is -0.817. The molecule has 4 rings (SSSR count). The van der Waals surface area contributed by atoms with E-state index < -0.39 is 60.7 Å². The van der Waals surface area contributed by atoms with Gasteiger partial charge in [0.05, 0.1) is 12.2 Å². The zero-order chi connectivity index (χ0) is 21.8. The summed E-state index contributed by atoms with van der Waals surface area (Å²) in [6, 6.07) is 6.19. The fourth-order valence-corrected chi connectivity index (χ4v) is 3.92. The van der Waals surface area contributed by atoms with Crippen LogP contribution in [-0.2, 0) is 9.47 Å². The van der Waals surface area contributed by atoms with Gasteiger partial charge in [-0.1, -0.05) is 0 Å².